The molecule has 0 spiro atoms. The smallest absolute Gasteiger partial charge is 0.308 e. The van der Waals surface area contributed by atoms with Gasteiger partial charge >= 0.3 is 5.97 Å². The number of rotatable bonds is 30. The second kappa shape index (κ2) is 29.2. The SMILES string of the molecule is CCCCCCCCCCCCCCCCCCOC(=O)CC(S)(S)CCCCCCCCCCCC. The van der Waals surface area contributed by atoms with Crippen LogP contribution in [0.4, 0.5) is 0 Å². The summed E-state index contributed by atoms with van der Waals surface area (Å²) in [4.78, 5) is 12.2. The van der Waals surface area contributed by atoms with E-state index in [9.17, 15) is 4.79 Å². The monoisotopic (exact) mass is 558 g/mol. The van der Waals surface area contributed by atoms with Gasteiger partial charge in [-0.15, -0.1) is 0 Å². The molecule has 0 heterocycles. The maximum Gasteiger partial charge on any atom is 0.308 e. The van der Waals surface area contributed by atoms with Gasteiger partial charge < -0.3 is 4.74 Å². The molecule has 4 heteroatoms. The molecule has 0 rings (SSSR count). The van der Waals surface area contributed by atoms with E-state index in [1.54, 1.807) is 0 Å². The van der Waals surface area contributed by atoms with Crippen molar-refractivity contribution in [3.05, 3.63) is 0 Å². The molecule has 2 nitrogen and oxygen atoms in total. The number of unbranched alkanes of at least 4 members (excludes halogenated alkanes) is 24. The zero-order valence-corrected chi connectivity index (χ0v) is 27.0. The minimum absolute atomic E-state index is 0.141. The molecule has 0 atom stereocenters. The highest BCUT2D eigenvalue weighted by molar-refractivity contribution is 8.00. The third-order valence-electron chi connectivity index (χ3n) is 7.62. The fraction of sp³-hybridized carbons (Fsp3) is 0.970. The zero-order valence-electron chi connectivity index (χ0n) is 25.2. The fourth-order valence-corrected chi connectivity index (χ4v) is 5.68. The molecule has 0 aromatic carbocycles. The molecule has 0 N–H and O–H groups in total. The van der Waals surface area contributed by atoms with Gasteiger partial charge in [-0.05, 0) is 12.8 Å². The molecule has 37 heavy (non-hydrogen) atoms. The molecule has 0 fully saturated rings. The molecule has 0 bridgehead atoms. The van der Waals surface area contributed by atoms with Crippen LogP contribution >= 0.6 is 25.3 Å². The molecule has 0 radical (unpaired) electrons. The Balaban J connectivity index is 3.39. The van der Waals surface area contributed by atoms with Crippen LogP contribution in [-0.2, 0) is 9.53 Å². The Morgan fingerprint density at radius 3 is 1.14 bits per heavy atom. The Morgan fingerprint density at radius 1 is 0.486 bits per heavy atom. The molecule has 0 aliphatic carbocycles. The van der Waals surface area contributed by atoms with Crippen LogP contribution in [0.2, 0.25) is 0 Å². The fourth-order valence-electron chi connectivity index (χ4n) is 5.10. The first kappa shape index (κ1) is 37.2. The zero-order chi connectivity index (χ0) is 27.3. The molecule has 0 amide bonds. The van der Waals surface area contributed by atoms with Gasteiger partial charge in [0, 0.05) is 0 Å². The Morgan fingerprint density at radius 2 is 0.784 bits per heavy atom. The lowest BCUT2D eigenvalue weighted by Gasteiger charge is -2.21. The van der Waals surface area contributed by atoms with E-state index >= 15 is 0 Å². The van der Waals surface area contributed by atoms with Crippen molar-refractivity contribution in [2.45, 2.75) is 198 Å². The van der Waals surface area contributed by atoms with Gasteiger partial charge in [-0.1, -0.05) is 174 Å². The van der Waals surface area contributed by atoms with Gasteiger partial charge in [-0.25, -0.2) is 0 Å². The molecule has 0 saturated heterocycles. The first-order valence-electron chi connectivity index (χ1n) is 16.6. The van der Waals surface area contributed by atoms with E-state index in [2.05, 4.69) is 39.1 Å². The van der Waals surface area contributed by atoms with Crippen molar-refractivity contribution in [3.63, 3.8) is 0 Å². The van der Waals surface area contributed by atoms with E-state index in [4.69, 9.17) is 4.74 Å². The predicted octanol–water partition coefficient (Wildman–Crippen LogP) is 12.0. The molecule has 0 aromatic heterocycles. The third-order valence-corrected chi connectivity index (χ3v) is 8.38. The summed E-state index contributed by atoms with van der Waals surface area (Å²) in [5, 5.41) is 0. The summed E-state index contributed by atoms with van der Waals surface area (Å²) >= 11 is 9.28. The van der Waals surface area contributed by atoms with E-state index in [-0.39, 0.29) is 5.97 Å². The van der Waals surface area contributed by atoms with E-state index in [1.165, 1.54) is 148 Å². The van der Waals surface area contributed by atoms with Gasteiger partial charge in [0.15, 0.2) is 0 Å². The topological polar surface area (TPSA) is 26.3 Å². The minimum Gasteiger partial charge on any atom is -0.466 e. The van der Waals surface area contributed by atoms with Crippen LogP contribution < -0.4 is 0 Å². The Hall–Kier alpha value is 0.170. The van der Waals surface area contributed by atoms with Crippen LogP contribution in [-0.4, -0.2) is 16.7 Å². The molecule has 0 unspecified atom stereocenters. The summed E-state index contributed by atoms with van der Waals surface area (Å²) < 4.78 is 4.92. The summed E-state index contributed by atoms with van der Waals surface area (Å²) in [5.41, 5.74) is 0. The van der Waals surface area contributed by atoms with Gasteiger partial charge in [-0.2, -0.15) is 25.3 Å². The lowest BCUT2D eigenvalue weighted by molar-refractivity contribution is -0.143. The maximum absolute atomic E-state index is 12.2. The summed E-state index contributed by atoms with van der Waals surface area (Å²) in [6.45, 7) is 5.10. The lowest BCUT2D eigenvalue weighted by atomic mass is 10.0. The molecular formula is C33H66O2S2. The standard InChI is InChI=1S/C33H66O2S2/c1-3-5-7-9-11-13-15-16-17-18-19-20-22-24-26-28-30-35-32(34)31-33(36,37)29-27-25-23-21-14-12-10-8-6-4-2/h36-37H,3-31H2,1-2H3. The normalized spacial score (nSPS) is 11.8. The van der Waals surface area contributed by atoms with Crippen molar-refractivity contribution in [1.29, 1.82) is 0 Å². The summed E-state index contributed by atoms with van der Waals surface area (Å²) in [6.07, 6.45) is 36.0. The van der Waals surface area contributed by atoms with E-state index in [0.29, 0.717) is 13.0 Å². The van der Waals surface area contributed by atoms with Gasteiger partial charge in [0.2, 0.25) is 0 Å². The minimum atomic E-state index is -0.536. The van der Waals surface area contributed by atoms with Gasteiger partial charge in [0.25, 0.3) is 0 Å². The number of esters is 1. The average Bonchev–Trinajstić information content (AvgIpc) is 2.86. The average molecular weight is 559 g/mol. The second-order valence-corrected chi connectivity index (χ2v) is 13.7. The summed E-state index contributed by atoms with van der Waals surface area (Å²) in [5.74, 6) is -0.141. The van der Waals surface area contributed by atoms with Crippen molar-refractivity contribution in [1.82, 2.24) is 0 Å². The molecule has 0 aliphatic rings. The summed E-state index contributed by atoms with van der Waals surface area (Å²) in [6, 6.07) is 0. The van der Waals surface area contributed by atoms with Crippen molar-refractivity contribution in [2.75, 3.05) is 6.61 Å². The molecule has 222 valence electrons. The van der Waals surface area contributed by atoms with Crippen LogP contribution in [0, 0.1) is 0 Å². The molecule has 0 saturated carbocycles. The Labute approximate surface area is 244 Å². The number of hydrogen-bond donors (Lipinski definition) is 2. The van der Waals surface area contributed by atoms with Crippen LogP contribution in [0.15, 0.2) is 0 Å². The molecular weight excluding hydrogens is 492 g/mol. The highest BCUT2D eigenvalue weighted by Gasteiger charge is 2.24. The predicted molar refractivity (Wildman–Crippen MR) is 172 cm³/mol. The van der Waals surface area contributed by atoms with Crippen molar-refractivity contribution >= 4 is 31.2 Å². The number of ether oxygens (including phenoxy) is 1. The Bertz CT molecular complexity index is 467. The highest BCUT2D eigenvalue weighted by atomic mass is 32.2. The van der Waals surface area contributed by atoms with Crippen molar-refractivity contribution in [2.24, 2.45) is 0 Å². The third kappa shape index (κ3) is 30.6. The number of thiol groups is 2. The van der Waals surface area contributed by atoms with Crippen LogP contribution in [0.1, 0.15) is 194 Å². The van der Waals surface area contributed by atoms with Crippen LogP contribution in [0.25, 0.3) is 0 Å². The van der Waals surface area contributed by atoms with Crippen molar-refractivity contribution in [3.8, 4) is 0 Å². The molecule has 0 aromatic rings. The lowest BCUT2D eigenvalue weighted by Crippen LogP contribution is -2.21. The van der Waals surface area contributed by atoms with Crippen molar-refractivity contribution < 1.29 is 9.53 Å². The first-order chi connectivity index (χ1) is 18.0. The highest BCUT2D eigenvalue weighted by Crippen LogP contribution is 2.31. The number of carbonyl (C=O) groups is 1. The largest absolute Gasteiger partial charge is 0.466 e. The van der Waals surface area contributed by atoms with Gasteiger partial charge in [-0.3, -0.25) is 4.79 Å². The van der Waals surface area contributed by atoms with Gasteiger partial charge in [0.1, 0.15) is 0 Å². The quantitative estimate of drug-likeness (QED) is 0.0397. The second-order valence-electron chi connectivity index (χ2n) is 11.6. The van der Waals surface area contributed by atoms with Crippen LogP contribution in [0.5, 0.6) is 0 Å². The van der Waals surface area contributed by atoms with Gasteiger partial charge in [0.05, 0.1) is 17.1 Å². The maximum atomic E-state index is 12.2. The first-order valence-corrected chi connectivity index (χ1v) is 17.5. The summed E-state index contributed by atoms with van der Waals surface area (Å²) in [7, 11) is 0. The van der Waals surface area contributed by atoms with E-state index in [1.807, 2.05) is 0 Å². The Kier molecular flexibility index (Phi) is 29.3. The van der Waals surface area contributed by atoms with E-state index in [0.717, 1.165) is 25.7 Å². The number of hydrogen-bond acceptors (Lipinski definition) is 4. The number of carbonyl (C=O) groups excluding carboxylic acids is 1. The van der Waals surface area contributed by atoms with E-state index < -0.39 is 4.08 Å². The van der Waals surface area contributed by atoms with Crippen LogP contribution in [0.3, 0.4) is 0 Å². The molecule has 0 aliphatic heterocycles.